The summed E-state index contributed by atoms with van der Waals surface area (Å²) < 4.78 is 0. The number of hydrogen-bond acceptors (Lipinski definition) is 4. The number of nitrogens with zero attached hydrogens (tertiary/aromatic N) is 1. The Kier molecular flexibility index (Phi) is 6.52. The van der Waals surface area contributed by atoms with E-state index in [1.54, 1.807) is 11.3 Å². The average Bonchev–Trinajstić information content (AvgIpc) is 2.72. The number of thioether (sulfide) groups is 1. The van der Waals surface area contributed by atoms with Crippen molar-refractivity contribution in [2.75, 3.05) is 12.0 Å². The van der Waals surface area contributed by atoms with E-state index >= 15 is 0 Å². The quantitative estimate of drug-likeness (QED) is 0.810. The molecule has 0 aliphatic rings. The summed E-state index contributed by atoms with van der Waals surface area (Å²) in [7, 11) is 0. The molecule has 1 rings (SSSR count). The Morgan fingerprint density at radius 3 is 2.53 bits per heavy atom. The summed E-state index contributed by atoms with van der Waals surface area (Å²) in [5.74, 6) is 1.71. The van der Waals surface area contributed by atoms with Crippen molar-refractivity contribution >= 4 is 23.1 Å². The van der Waals surface area contributed by atoms with Gasteiger partial charge in [0.15, 0.2) is 0 Å². The number of thiazole rings is 1. The van der Waals surface area contributed by atoms with Crippen molar-refractivity contribution in [3.63, 3.8) is 0 Å². The van der Waals surface area contributed by atoms with Crippen molar-refractivity contribution in [2.24, 2.45) is 0 Å². The Labute approximate surface area is 114 Å². The Morgan fingerprint density at radius 2 is 2.06 bits per heavy atom. The van der Waals surface area contributed by atoms with E-state index in [1.165, 1.54) is 16.5 Å². The first-order valence-electron chi connectivity index (χ1n) is 6.24. The van der Waals surface area contributed by atoms with Gasteiger partial charge < -0.3 is 5.32 Å². The highest BCUT2D eigenvalue weighted by Gasteiger charge is 2.16. The second-order valence-corrected chi connectivity index (χ2v) is 6.80. The van der Waals surface area contributed by atoms with E-state index in [1.807, 2.05) is 11.8 Å². The maximum atomic E-state index is 4.76. The SMILES string of the molecule is CSCCC(NC(C)C)c1nc(C(C)C)cs1. The molecule has 0 aliphatic carbocycles. The van der Waals surface area contributed by atoms with E-state index < -0.39 is 0 Å². The van der Waals surface area contributed by atoms with E-state index in [-0.39, 0.29) is 0 Å². The minimum absolute atomic E-state index is 0.417. The molecule has 1 aromatic heterocycles. The van der Waals surface area contributed by atoms with Crippen LogP contribution >= 0.6 is 23.1 Å². The molecule has 17 heavy (non-hydrogen) atoms. The monoisotopic (exact) mass is 272 g/mol. The lowest BCUT2D eigenvalue weighted by atomic mass is 10.1. The van der Waals surface area contributed by atoms with Gasteiger partial charge in [0, 0.05) is 11.4 Å². The molecule has 1 atom stereocenters. The van der Waals surface area contributed by atoms with Crippen molar-refractivity contribution in [3.05, 3.63) is 16.1 Å². The predicted molar refractivity (Wildman–Crippen MR) is 80.2 cm³/mol. The van der Waals surface area contributed by atoms with E-state index in [4.69, 9.17) is 4.98 Å². The van der Waals surface area contributed by atoms with Gasteiger partial charge in [-0.25, -0.2) is 4.98 Å². The van der Waals surface area contributed by atoms with E-state index in [9.17, 15) is 0 Å². The van der Waals surface area contributed by atoms with Crippen LogP contribution < -0.4 is 5.32 Å². The first kappa shape index (κ1) is 15.0. The minimum Gasteiger partial charge on any atom is -0.306 e. The van der Waals surface area contributed by atoms with Crippen LogP contribution in [0.15, 0.2) is 5.38 Å². The van der Waals surface area contributed by atoms with E-state index in [0.29, 0.717) is 18.0 Å². The van der Waals surface area contributed by atoms with Crippen LogP contribution in [-0.4, -0.2) is 23.0 Å². The third kappa shape index (κ3) is 4.98. The summed E-state index contributed by atoms with van der Waals surface area (Å²) in [6, 6.07) is 0.924. The van der Waals surface area contributed by atoms with Crippen LogP contribution in [0.2, 0.25) is 0 Å². The van der Waals surface area contributed by atoms with Gasteiger partial charge in [0.1, 0.15) is 5.01 Å². The molecule has 0 aromatic carbocycles. The molecule has 0 aliphatic heterocycles. The zero-order chi connectivity index (χ0) is 12.8. The Balaban J connectivity index is 2.72. The van der Waals surface area contributed by atoms with Crippen LogP contribution in [0.4, 0.5) is 0 Å². The summed E-state index contributed by atoms with van der Waals surface area (Å²) in [6.45, 7) is 8.79. The molecule has 0 saturated carbocycles. The summed E-state index contributed by atoms with van der Waals surface area (Å²) in [5, 5.41) is 7.07. The van der Waals surface area contributed by atoms with Crippen molar-refractivity contribution < 1.29 is 0 Å². The fraction of sp³-hybridized carbons (Fsp3) is 0.769. The van der Waals surface area contributed by atoms with Crippen LogP contribution in [0.3, 0.4) is 0 Å². The molecular formula is C13H24N2S2. The Morgan fingerprint density at radius 1 is 1.35 bits per heavy atom. The van der Waals surface area contributed by atoms with Crippen molar-refractivity contribution in [3.8, 4) is 0 Å². The zero-order valence-electron chi connectivity index (χ0n) is 11.5. The van der Waals surface area contributed by atoms with Crippen molar-refractivity contribution in [2.45, 2.75) is 52.1 Å². The molecule has 0 amide bonds. The van der Waals surface area contributed by atoms with E-state index in [2.05, 4.69) is 44.6 Å². The van der Waals surface area contributed by atoms with E-state index in [0.717, 1.165) is 6.42 Å². The summed E-state index contributed by atoms with van der Waals surface area (Å²) >= 11 is 3.70. The lowest BCUT2D eigenvalue weighted by Crippen LogP contribution is -2.28. The summed E-state index contributed by atoms with van der Waals surface area (Å²) in [4.78, 5) is 4.76. The second-order valence-electron chi connectivity index (χ2n) is 4.92. The molecule has 0 radical (unpaired) electrons. The van der Waals surface area contributed by atoms with Gasteiger partial charge in [-0.15, -0.1) is 11.3 Å². The highest BCUT2D eigenvalue weighted by Crippen LogP contribution is 2.26. The van der Waals surface area contributed by atoms with Crippen molar-refractivity contribution in [1.29, 1.82) is 0 Å². The minimum atomic E-state index is 0.417. The van der Waals surface area contributed by atoms with Gasteiger partial charge in [-0.2, -0.15) is 11.8 Å². The molecule has 0 saturated heterocycles. The van der Waals surface area contributed by atoms with Gasteiger partial charge >= 0.3 is 0 Å². The highest BCUT2D eigenvalue weighted by atomic mass is 32.2. The molecule has 0 spiro atoms. The number of hydrogen-bond donors (Lipinski definition) is 1. The Hall–Kier alpha value is -0.0600. The van der Waals surface area contributed by atoms with Crippen molar-refractivity contribution in [1.82, 2.24) is 10.3 Å². The lowest BCUT2D eigenvalue weighted by molar-refractivity contribution is 0.466. The highest BCUT2D eigenvalue weighted by molar-refractivity contribution is 7.98. The normalized spacial score (nSPS) is 13.6. The standard InChI is InChI=1S/C13H24N2S2/c1-9(2)12-8-17-13(15-12)11(6-7-16-5)14-10(3)4/h8-11,14H,6-7H2,1-5H3. The fourth-order valence-electron chi connectivity index (χ4n) is 1.64. The maximum absolute atomic E-state index is 4.76. The van der Waals surface area contributed by atoms with Crippen LogP contribution in [0.1, 0.15) is 56.8 Å². The Bertz CT molecular complexity index is 321. The third-order valence-corrected chi connectivity index (χ3v) is 4.20. The molecule has 4 heteroatoms. The van der Waals surface area contributed by atoms with Gasteiger partial charge in [-0.3, -0.25) is 0 Å². The molecule has 1 aromatic rings. The lowest BCUT2D eigenvalue weighted by Gasteiger charge is -2.18. The molecule has 1 N–H and O–H groups in total. The third-order valence-electron chi connectivity index (χ3n) is 2.57. The second kappa shape index (κ2) is 7.39. The summed E-state index contributed by atoms with van der Waals surface area (Å²) in [6.07, 6.45) is 3.32. The zero-order valence-corrected chi connectivity index (χ0v) is 13.1. The molecule has 98 valence electrons. The topological polar surface area (TPSA) is 24.9 Å². The molecule has 0 fully saturated rings. The van der Waals surface area contributed by atoms with Gasteiger partial charge in [-0.05, 0) is 24.3 Å². The molecule has 0 bridgehead atoms. The molecule has 2 nitrogen and oxygen atoms in total. The number of aromatic nitrogens is 1. The first-order chi connectivity index (χ1) is 8.04. The van der Waals surface area contributed by atoms with Crippen LogP contribution in [0.5, 0.6) is 0 Å². The van der Waals surface area contributed by atoms with Gasteiger partial charge in [0.05, 0.1) is 11.7 Å². The summed E-state index contributed by atoms with van der Waals surface area (Å²) in [5.41, 5.74) is 1.23. The average molecular weight is 272 g/mol. The van der Waals surface area contributed by atoms with Gasteiger partial charge in [-0.1, -0.05) is 27.7 Å². The molecule has 1 unspecified atom stereocenters. The fourth-order valence-corrected chi connectivity index (χ4v) is 3.19. The van der Waals surface area contributed by atoms with Gasteiger partial charge in [0.2, 0.25) is 0 Å². The largest absolute Gasteiger partial charge is 0.306 e. The van der Waals surface area contributed by atoms with Crippen LogP contribution in [-0.2, 0) is 0 Å². The number of nitrogens with one attached hydrogen (secondary N) is 1. The molecular weight excluding hydrogens is 248 g/mol. The van der Waals surface area contributed by atoms with Crippen LogP contribution in [0.25, 0.3) is 0 Å². The van der Waals surface area contributed by atoms with Crippen LogP contribution in [0, 0.1) is 0 Å². The maximum Gasteiger partial charge on any atom is 0.110 e. The smallest absolute Gasteiger partial charge is 0.110 e. The molecule has 1 heterocycles. The number of rotatable bonds is 7. The van der Waals surface area contributed by atoms with Gasteiger partial charge in [0.25, 0.3) is 0 Å². The first-order valence-corrected chi connectivity index (χ1v) is 8.52. The predicted octanol–water partition coefficient (Wildman–Crippen LogP) is 4.06.